The summed E-state index contributed by atoms with van der Waals surface area (Å²) in [6.07, 6.45) is 2.99. The number of halogens is 3. The highest BCUT2D eigenvalue weighted by molar-refractivity contribution is 6.42. The van der Waals surface area contributed by atoms with Crippen molar-refractivity contribution in [2.75, 3.05) is 39.8 Å². The number of carbonyl (C=O) groups excluding carboxylic acids is 2. The Kier molecular flexibility index (Phi) is 11.8. The first-order chi connectivity index (χ1) is 24.3. The molecule has 1 fully saturated rings. The summed E-state index contributed by atoms with van der Waals surface area (Å²) >= 11 is 12.7. The van der Waals surface area contributed by atoms with E-state index < -0.39 is 0 Å². The molecule has 50 heavy (non-hydrogen) atoms. The summed E-state index contributed by atoms with van der Waals surface area (Å²) in [4.78, 5) is 36.1. The minimum absolute atomic E-state index is 0.0265. The van der Waals surface area contributed by atoms with Crippen LogP contribution in [0.15, 0.2) is 97.1 Å². The maximum Gasteiger partial charge on any atom is 0.253 e. The van der Waals surface area contributed by atoms with Gasteiger partial charge in [-0.05, 0) is 112 Å². The van der Waals surface area contributed by atoms with Crippen molar-refractivity contribution >= 4 is 45.9 Å². The van der Waals surface area contributed by atoms with Crippen molar-refractivity contribution in [3.63, 3.8) is 0 Å². The van der Waals surface area contributed by atoms with Gasteiger partial charge in [-0.2, -0.15) is 0 Å². The van der Waals surface area contributed by atoms with Gasteiger partial charge >= 0.3 is 0 Å². The third-order valence-electron chi connectivity index (χ3n) is 9.51. The molecule has 1 saturated heterocycles. The summed E-state index contributed by atoms with van der Waals surface area (Å²) in [7, 11) is 1.84. The number of imidazole rings is 1. The zero-order chi connectivity index (χ0) is 35.0. The van der Waals surface area contributed by atoms with Gasteiger partial charge in [-0.15, -0.1) is 0 Å². The molecule has 1 aliphatic rings. The molecular weight excluding hydrogens is 674 g/mol. The highest BCUT2D eigenvalue weighted by Gasteiger charge is 2.30. The number of hydrogen-bond acceptors (Lipinski definition) is 5. The van der Waals surface area contributed by atoms with E-state index in [2.05, 4.69) is 4.90 Å². The first-order valence-corrected chi connectivity index (χ1v) is 17.9. The third kappa shape index (κ3) is 8.73. The first kappa shape index (κ1) is 35.6. The van der Waals surface area contributed by atoms with Gasteiger partial charge in [0.25, 0.3) is 5.91 Å². The summed E-state index contributed by atoms with van der Waals surface area (Å²) in [5.74, 6) is 0.796. The number of carbonyl (C=O) groups is 2. The molecule has 0 N–H and O–H groups in total. The van der Waals surface area contributed by atoms with Crippen molar-refractivity contribution in [1.82, 2.24) is 19.4 Å². The third-order valence-corrected chi connectivity index (χ3v) is 10.3. The number of likely N-dealkylation sites (tertiary alicyclic amines) is 1. The topological polar surface area (TPSA) is 67.7 Å². The fourth-order valence-corrected chi connectivity index (χ4v) is 7.02. The van der Waals surface area contributed by atoms with Crippen LogP contribution in [0.3, 0.4) is 0 Å². The average molecular weight is 716 g/mol. The Bertz CT molecular complexity index is 1910. The number of Topliss-reactive ketones (excluding diaryl/α,β-unsaturated/α-hetero) is 1. The fourth-order valence-electron chi connectivity index (χ4n) is 6.72. The number of ketones is 1. The van der Waals surface area contributed by atoms with Gasteiger partial charge in [-0.25, -0.2) is 9.37 Å². The molecule has 6 rings (SSSR count). The molecular formula is C40H41Cl2FN4O3. The highest BCUT2D eigenvalue weighted by atomic mass is 35.5. The lowest BCUT2D eigenvalue weighted by molar-refractivity contribution is 0.0779. The van der Waals surface area contributed by atoms with Crippen LogP contribution in [0.1, 0.15) is 58.1 Å². The summed E-state index contributed by atoms with van der Waals surface area (Å²) in [6.45, 7) is 3.98. The zero-order valence-electron chi connectivity index (χ0n) is 28.1. The molecule has 2 heterocycles. The maximum absolute atomic E-state index is 14.0. The Morgan fingerprint density at radius 2 is 1.64 bits per heavy atom. The van der Waals surface area contributed by atoms with Gasteiger partial charge in [-0.1, -0.05) is 59.6 Å². The van der Waals surface area contributed by atoms with Crippen LogP contribution >= 0.6 is 23.2 Å². The fraction of sp³-hybridized carbons (Fsp3) is 0.325. The van der Waals surface area contributed by atoms with Crippen LogP contribution < -0.4 is 4.74 Å². The SMILES string of the molecule is CN(CC(CCN1CCC(C(=O)c2nc3ccccc3n2CCCOc2ccc(F)cc2)CC1)c1ccc(Cl)c(Cl)c1)C(=O)c1ccccc1. The number of ether oxygens (including phenoxy) is 1. The Morgan fingerprint density at radius 1 is 0.920 bits per heavy atom. The average Bonchev–Trinajstić information content (AvgIpc) is 3.52. The standard InChI is InChI=1S/C40H41Cl2FN4O3/c1-45(40(49)29-8-3-2-4-9-29)27-31(30-12-17-34(41)35(42)26-30)20-24-46-22-18-28(19-23-46)38(48)39-44-36-10-5-6-11-37(36)47(39)21-7-25-50-33-15-13-32(43)14-16-33/h2-6,8-17,26,28,31H,7,18-25,27H2,1H3. The van der Waals surface area contributed by atoms with Crippen LogP contribution in [0.25, 0.3) is 11.0 Å². The second-order valence-electron chi connectivity index (χ2n) is 12.9. The number of hydrogen-bond donors (Lipinski definition) is 0. The number of nitrogens with zero attached hydrogens (tertiary/aromatic N) is 4. The van der Waals surface area contributed by atoms with Crippen LogP contribution in [0.2, 0.25) is 10.0 Å². The van der Waals surface area contributed by atoms with Gasteiger partial charge in [0.2, 0.25) is 5.78 Å². The molecule has 1 unspecified atom stereocenters. The number of rotatable bonds is 14. The van der Waals surface area contributed by atoms with Crippen molar-refractivity contribution in [3.05, 3.63) is 130 Å². The summed E-state index contributed by atoms with van der Waals surface area (Å²) in [5.41, 5.74) is 3.43. The number of amides is 1. The number of piperidine rings is 1. The monoisotopic (exact) mass is 714 g/mol. The van der Waals surface area contributed by atoms with Crippen molar-refractivity contribution in [3.8, 4) is 5.75 Å². The normalized spacial score (nSPS) is 14.5. The first-order valence-electron chi connectivity index (χ1n) is 17.1. The van der Waals surface area contributed by atoms with Gasteiger partial charge in [-0.3, -0.25) is 9.59 Å². The second-order valence-corrected chi connectivity index (χ2v) is 13.7. The van der Waals surface area contributed by atoms with E-state index in [1.54, 1.807) is 17.0 Å². The van der Waals surface area contributed by atoms with Gasteiger partial charge in [0.15, 0.2) is 5.82 Å². The van der Waals surface area contributed by atoms with Gasteiger partial charge in [0.05, 0.1) is 27.7 Å². The molecule has 0 aliphatic carbocycles. The number of likely N-dealkylation sites (N-methyl/N-ethyl adjacent to an activating group) is 1. The van der Waals surface area contributed by atoms with Crippen LogP contribution in [-0.4, -0.2) is 70.9 Å². The predicted octanol–water partition coefficient (Wildman–Crippen LogP) is 8.79. The molecule has 0 spiro atoms. The highest BCUT2D eigenvalue weighted by Crippen LogP contribution is 2.31. The summed E-state index contributed by atoms with van der Waals surface area (Å²) in [6, 6.07) is 28.8. The predicted molar refractivity (Wildman–Crippen MR) is 197 cm³/mol. The van der Waals surface area contributed by atoms with Crippen molar-refractivity contribution < 1.29 is 18.7 Å². The van der Waals surface area contributed by atoms with Crippen LogP contribution in [0.5, 0.6) is 5.75 Å². The molecule has 1 amide bonds. The Morgan fingerprint density at radius 3 is 2.38 bits per heavy atom. The molecule has 0 bridgehead atoms. The molecule has 10 heteroatoms. The second kappa shape index (κ2) is 16.6. The number of aromatic nitrogens is 2. The molecule has 260 valence electrons. The van der Waals surface area contributed by atoms with Gasteiger partial charge in [0.1, 0.15) is 11.6 Å². The van der Waals surface area contributed by atoms with E-state index in [0.29, 0.717) is 53.3 Å². The molecule has 5 aromatic rings. The van der Waals surface area contributed by atoms with Crippen LogP contribution in [0.4, 0.5) is 4.39 Å². The minimum Gasteiger partial charge on any atom is -0.494 e. The van der Waals surface area contributed by atoms with E-state index in [9.17, 15) is 14.0 Å². The lowest BCUT2D eigenvalue weighted by Gasteiger charge is -2.33. The largest absolute Gasteiger partial charge is 0.494 e. The lowest BCUT2D eigenvalue weighted by atomic mass is 9.90. The molecule has 0 saturated carbocycles. The Labute approximate surface area is 302 Å². The summed E-state index contributed by atoms with van der Waals surface area (Å²) < 4.78 is 21.1. The van der Waals surface area contributed by atoms with E-state index >= 15 is 0 Å². The van der Waals surface area contributed by atoms with E-state index in [1.165, 1.54) is 12.1 Å². The van der Waals surface area contributed by atoms with Crippen LogP contribution in [0, 0.1) is 11.7 Å². The van der Waals surface area contributed by atoms with E-state index in [1.807, 2.05) is 84.4 Å². The molecule has 1 aromatic heterocycles. The number of aryl methyl sites for hydroxylation is 1. The molecule has 7 nitrogen and oxygen atoms in total. The minimum atomic E-state index is -0.302. The molecule has 4 aromatic carbocycles. The van der Waals surface area contributed by atoms with E-state index in [4.69, 9.17) is 32.9 Å². The van der Waals surface area contributed by atoms with Gasteiger partial charge in [0, 0.05) is 37.5 Å². The lowest BCUT2D eigenvalue weighted by Crippen LogP contribution is -2.38. The number of benzene rings is 4. The quantitative estimate of drug-likeness (QED) is 0.0850. The number of para-hydroxylation sites is 2. The Hall–Kier alpha value is -4.24. The molecule has 0 radical (unpaired) electrons. The Balaban J connectivity index is 1.07. The van der Waals surface area contributed by atoms with E-state index in [0.717, 1.165) is 55.5 Å². The van der Waals surface area contributed by atoms with Crippen molar-refractivity contribution in [2.24, 2.45) is 5.92 Å². The molecule has 1 atom stereocenters. The van der Waals surface area contributed by atoms with E-state index in [-0.39, 0.29) is 29.3 Å². The van der Waals surface area contributed by atoms with Crippen molar-refractivity contribution in [1.29, 1.82) is 0 Å². The smallest absolute Gasteiger partial charge is 0.253 e. The van der Waals surface area contributed by atoms with Crippen molar-refractivity contribution in [2.45, 2.75) is 38.1 Å². The van der Waals surface area contributed by atoms with Gasteiger partial charge < -0.3 is 19.1 Å². The summed E-state index contributed by atoms with van der Waals surface area (Å²) in [5, 5.41) is 0.999. The molecule has 1 aliphatic heterocycles. The zero-order valence-corrected chi connectivity index (χ0v) is 29.6. The maximum atomic E-state index is 14.0. The van der Waals surface area contributed by atoms with Crippen LogP contribution in [-0.2, 0) is 6.54 Å². The number of fused-ring (bicyclic) bond motifs is 1.